The molecule has 0 fully saturated rings. The summed E-state index contributed by atoms with van der Waals surface area (Å²) < 4.78 is 0. The molecule has 0 unspecified atom stereocenters. The number of ketones is 4. The van der Waals surface area contributed by atoms with Gasteiger partial charge in [-0.15, -0.1) is 0 Å². The Bertz CT molecular complexity index is 708. The topological polar surface area (TPSA) is 68.3 Å². The van der Waals surface area contributed by atoms with Gasteiger partial charge in [0, 0.05) is 6.42 Å². The van der Waals surface area contributed by atoms with Gasteiger partial charge in [-0.1, -0.05) is 67.6 Å². The van der Waals surface area contributed by atoms with Crippen molar-refractivity contribution < 1.29 is 19.2 Å². The quantitative estimate of drug-likeness (QED) is 0.553. The number of hydrogen-bond acceptors (Lipinski definition) is 4. The maximum Gasteiger partial charge on any atom is 0.264 e. The van der Waals surface area contributed by atoms with Crippen LogP contribution in [-0.2, 0) is 19.2 Å². The van der Waals surface area contributed by atoms with Crippen LogP contribution in [0.1, 0.15) is 36.8 Å². The second kappa shape index (κ2) is 8.11. The van der Waals surface area contributed by atoms with Gasteiger partial charge >= 0.3 is 0 Å². The van der Waals surface area contributed by atoms with Gasteiger partial charge < -0.3 is 0 Å². The van der Waals surface area contributed by atoms with Crippen molar-refractivity contribution in [2.45, 2.75) is 25.7 Å². The molecule has 0 bridgehead atoms. The minimum Gasteiger partial charge on any atom is -0.298 e. The van der Waals surface area contributed by atoms with Crippen LogP contribution < -0.4 is 0 Å². The number of Topliss-reactive ketones (excluding diaryl/α,β-unsaturated/α-hetero) is 4. The number of carbonyl (C=O) groups is 4. The van der Waals surface area contributed by atoms with E-state index >= 15 is 0 Å². The van der Waals surface area contributed by atoms with Crippen molar-refractivity contribution >= 4 is 23.1 Å². The van der Waals surface area contributed by atoms with Gasteiger partial charge in [-0.05, 0) is 11.1 Å². The number of rotatable bonds is 8. The van der Waals surface area contributed by atoms with Crippen molar-refractivity contribution in [3.05, 3.63) is 71.8 Å². The Morgan fingerprint density at radius 1 is 0.750 bits per heavy atom. The highest BCUT2D eigenvalue weighted by Crippen LogP contribution is 2.26. The van der Waals surface area contributed by atoms with Crippen LogP contribution in [0.5, 0.6) is 0 Å². The average molecular weight is 322 g/mol. The molecule has 24 heavy (non-hydrogen) atoms. The second-order valence-electron chi connectivity index (χ2n) is 5.43. The Kier molecular flexibility index (Phi) is 5.90. The molecule has 0 spiro atoms. The van der Waals surface area contributed by atoms with Gasteiger partial charge in [0.25, 0.3) is 5.78 Å². The van der Waals surface area contributed by atoms with Gasteiger partial charge in [0.15, 0.2) is 5.78 Å². The first kappa shape index (κ1) is 17.5. The van der Waals surface area contributed by atoms with Gasteiger partial charge in [0.2, 0.25) is 11.6 Å². The van der Waals surface area contributed by atoms with E-state index in [1.54, 1.807) is 24.3 Å². The van der Waals surface area contributed by atoms with Crippen molar-refractivity contribution in [1.82, 2.24) is 0 Å². The third-order valence-corrected chi connectivity index (χ3v) is 3.75. The maximum absolute atomic E-state index is 12.7. The highest BCUT2D eigenvalue weighted by molar-refractivity contribution is 6.65. The minimum absolute atomic E-state index is 0.0421. The summed E-state index contributed by atoms with van der Waals surface area (Å²) in [5.74, 6) is -3.83. The van der Waals surface area contributed by atoms with Crippen molar-refractivity contribution in [1.29, 1.82) is 0 Å². The van der Waals surface area contributed by atoms with Crippen LogP contribution in [0.25, 0.3) is 0 Å². The number of hydrogen-bond donors (Lipinski definition) is 0. The predicted octanol–water partition coefficient (Wildman–Crippen LogP) is 2.90. The molecule has 0 amide bonds. The summed E-state index contributed by atoms with van der Waals surface area (Å²) in [6.45, 7) is 1.51. The second-order valence-corrected chi connectivity index (χ2v) is 5.43. The molecule has 0 atom stereocenters. The highest BCUT2D eigenvalue weighted by atomic mass is 16.2. The van der Waals surface area contributed by atoms with E-state index in [4.69, 9.17) is 0 Å². The van der Waals surface area contributed by atoms with Crippen LogP contribution in [0.4, 0.5) is 0 Å². The van der Waals surface area contributed by atoms with E-state index in [-0.39, 0.29) is 6.42 Å². The predicted molar refractivity (Wildman–Crippen MR) is 89.7 cm³/mol. The summed E-state index contributed by atoms with van der Waals surface area (Å²) >= 11 is 0. The molecular weight excluding hydrogens is 304 g/mol. The molecule has 0 aliphatic heterocycles. The smallest absolute Gasteiger partial charge is 0.264 e. The molecule has 0 saturated carbocycles. The van der Waals surface area contributed by atoms with E-state index in [9.17, 15) is 19.2 Å². The third kappa shape index (κ3) is 4.10. The molecule has 122 valence electrons. The van der Waals surface area contributed by atoms with E-state index in [2.05, 4.69) is 0 Å². The lowest BCUT2D eigenvalue weighted by Gasteiger charge is -2.16. The Hall–Kier alpha value is -2.88. The summed E-state index contributed by atoms with van der Waals surface area (Å²) in [6, 6.07) is 18.1. The first-order valence-corrected chi connectivity index (χ1v) is 7.77. The normalized spacial score (nSPS) is 10.4. The molecule has 2 aromatic rings. The van der Waals surface area contributed by atoms with Crippen LogP contribution in [0.3, 0.4) is 0 Å². The zero-order valence-electron chi connectivity index (χ0n) is 13.4. The maximum atomic E-state index is 12.7. The molecule has 0 radical (unpaired) electrons. The van der Waals surface area contributed by atoms with E-state index in [1.165, 1.54) is 6.92 Å². The van der Waals surface area contributed by atoms with Gasteiger partial charge in [0.1, 0.15) is 0 Å². The zero-order chi connectivity index (χ0) is 17.5. The Balaban J connectivity index is 2.28. The monoisotopic (exact) mass is 322 g/mol. The lowest BCUT2D eigenvalue weighted by Crippen LogP contribution is -2.27. The van der Waals surface area contributed by atoms with E-state index < -0.39 is 35.5 Å². The zero-order valence-corrected chi connectivity index (χ0v) is 13.4. The SMILES string of the molecule is CCC(=O)C(=O)C(=O)CC(=O)C(c1ccccc1)c1ccccc1. The molecule has 2 aromatic carbocycles. The molecule has 2 rings (SSSR count). The van der Waals surface area contributed by atoms with E-state index in [0.29, 0.717) is 0 Å². The first-order chi connectivity index (χ1) is 11.5. The average Bonchev–Trinajstić information content (AvgIpc) is 2.62. The van der Waals surface area contributed by atoms with Gasteiger partial charge in [0.05, 0.1) is 12.3 Å². The fourth-order valence-electron chi connectivity index (χ4n) is 2.51. The van der Waals surface area contributed by atoms with Gasteiger partial charge in [-0.2, -0.15) is 0 Å². The lowest BCUT2D eigenvalue weighted by molar-refractivity contribution is -0.144. The molecule has 0 saturated heterocycles. The van der Waals surface area contributed by atoms with Crippen LogP contribution in [0.2, 0.25) is 0 Å². The minimum atomic E-state index is -1.09. The van der Waals surface area contributed by atoms with E-state index in [1.807, 2.05) is 36.4 Å². The molecular formula is C20H18O4. The van der Waals surface area contributed by atoms with Crippen LogP contribution in [-0.4, -0.2) is 23.1 Å². The largest absolute Gasteiger partial charge is 0.298 e. The summed E-state index contributed by atoms with van der Waals surface area (Å²) in [4.78, 5) is 47.6. The molecule has 0 aliphatic carbocycles. The Labute approximate surface area is 140 Å². The van der Waals surface area contributed by atoms with Crippen LogP contribution in [0, 0.1) is 0 Å². The Morgan fingerprint density at radius 3 is 1.62 bits per heavy atom. The fourth-order valence-corrected chi connectivity index (χ4v) is 2.51. The summed E-state index contributed by atoms with van der Waals surface area (Å²) in [5, 5.41) is 0. The number of benzene rings is 2. The molecule has 4 nitrogen and oxygen atoms in total. The molecule has 0 heterocycles. The fraction of sp³-hybridized carbons (Fsp3) is 0.200. The highest BCUT2D eigenvalue weighted by Gasteiger charge is 2.28. The summed E-state index contributed by atoms with van der Waals surface area (Å²) in [5.41, 5.74) is 1.49. The Morgan fingerprint density at radius 2 is 1.21 bits per heavy atom. The van der Waals surface area contributed by atoms with Crippen LogP contribution in [0.15, 0.2) is 60.7 Å². The molecule has 0 N–H and O–H groups in total. The van der Waals surface area contributed by atoms with Gasteiger partial charge in [-0.3, -0.25) is 19.2 Å². The van der Waals surface area contributed by atoms with Crippen molar-refractivity contribution in [3.63, 3.8) is 0 Å². The van der Waals surface area contributed by atoms with Crippen LogP contribution >= 0.6 is 0 Å². The number of carbonyl (C=O) groups excluding carboxylic acids is 4. The third-order valence-electron chi connectivity index (χ3n) is 3.75. The summed E-state index contributed by atoms with van der Waals surface area (Å²) in [6.07, 6.45) is -0.613. The van der Waals surface area contributed by atoms with Crippen molar-refractivity contribution in [3.8, 4) is 0 Å². The lowest BCUT2D eigenvalue weighted by atomic mass is 9.85. The van der Waals surface area contributed by atoms with Crippen molar-refractivity contribution in [2.75, 3.05) is 0 Å². The van der Waals surface area contributed by atoms with Crippen molar-refractivity contribution in [2.24, 2.45) is 0 Å². The first-order valence-electron chi connectivity index (χ1n) is 7.77. The van der Waals surface area contributed by atoms with Gasteiger partial charge in [-0.25, -0.2) is 0 Å². The summed E-state index contributed by atoms with van der Waals surface area (Å²) in [7, 11) is 0. The standard InChI is InChI=1S/C20H18O4/c1-2-16(21)20(24)18(23)13-17(22)19(14-9-5-3-6-10-14)15-11-7-4-8-12-15/h3-12,19H,2,13H2,1H3. The molecule has 0 aromatic heterocycles. The molecule has 0 aliphatic rings. The molecule has 4 heteroatoms. The van der Waals surface area contributed by atoms with E-state index in [0.717, 1.165) is 11.1 Å².